The van der Waals surface area contributed by atoms with Gasteiger partial charge in [0.15, 0.2) is 0 Å². The van der Waals surface area contributed by atoms with Gasteiger partial charge in [-0.3, -0.25) is 10.1 Å². The molecule has 2 rings (SSSR count). The fraction of sp³-hybridized carbons (Fsp3) is 0.467. The van der Waals surface area contributed by atoms with Crippen LogP contribution in [-0.4, -0.2) is 29.1 Å². The molecule has 0 bridgehead atoms. The maximum absolute atomic E-state index is 12.0. The summed E-state index contributed by atoms with van der Waals surface area (Å²) in [6.45, 7) is 1.70. The minimum Gasteiger partial charge on any atom is -0.351 e. The second-order valence-electron chi connectivity index (χ2n) is 5.43. The van der Waals surface area contributed by atoms with Crippen LogP contribution in [0.3, 0.4) is 0 Å². The van der Waals surface area contributed by atoms with Crippen molar-refractivity contribution in [3.8, 4) is 0 Å². The first-order valence-corrected chi connectivity index (χ1v) is 8.91. The fourth-order valence-electron chi connectivity index (χ4n) is 2.71. The Labute approximate surface area is 144 Å². The lowest BCUT2D eigenvalue weighted by atomic mass is 9.92. The Morgan fingerprint density at radius 3 is 2.78 bits per heavy atom. The number of nitrogens with two attached hydrogens (primary N) is 1. The molecule has 124 valence electrons. The summed E-state index contributed by atoms with van der Waals surface area (Å²) in [5.74, 6) is 0.388. The lowest BCUT2D eigenvalue weighted by Crippen LogP contribution is -2.38. The SMILES string of the molecule is C/C=C(\C(=O)NC(N)=O)C1=NN=C(Cl)C([C@H]2C[C@@H]2/C=C/SC)C1. The van der Waals surface area contributed by atoms with Gasteiger partial charge in [0.25, 0.3) is 5.91 Å². The molecule has 8 heteroatoms. The molecule has 1 fully saturated rings. The van der Waals surface area contributed by atoms with Gasteiger partial charge in [0, 0.05) is 12.3 Å². The van der Waals surface area contributed by atoms with E-state index in [-0.39, 0.29) is 5.92 Å². The number of allylic oxidation sites excluding steroid dienone is 2. The fourth-order valence-corrected chi connectivity index (χ4v) is 3.35. The second-order valence-corrected chi connectivity index (χ2v) is 6.56. The van der Waals surface area contributed by atoms with Crippen LogP contribution in [0.2, 0.25) is 0 Å². The highest BCUT2D eigenvalue weighted by molar-refractivity contribution is 8.01. The van der Waals surface area contributed by atoms with Crippen LogP contribution in [0.25, 0.3) is 0 Å². The highest BCUT2D eigenvalue weighted by Gasteiger charge is 2.44. The first-order chi connectivity index (χ1) is 11.0. The highest BCUT2D eigenvalue weighted by atomic mass is 35.5. The average Bonchev–Trinajstić information content (AvgIpc) is 3.26. The molecule has 3 atom stereocenters. The molecular formula is C15H19ClN4O2S. The molecule has 1 saturated carbocycles. The summed E-state index contributed by atoms with van der Waals surface area (Å²) in [5, 5.41) is 12.6. The molecule has 6 nitrogen and oxygen atoms in total. The van der Waals surface area contributed by atoms with E-state index < -0.39 is 11.9 Å². The maximum atomic E-state index is 12.0. The minimum atomic E-state index is -0.895. The second kappa shape index (κ2) is 7.79. The molecule has 1 aliphatic carbocycles. The molecule has 23 heavy (non-hydrogen) atoms. The topological polar surface area (TPSA) is 96.9 Å². The van der Waals surface area contributed by atoms with Gasteiger partial charge in [0.1, 0.15) is 5.17 Å². The summed E-state index contributed by atoms with van der Waals surface area (Å²) in [6.07, 6.45) is 7.38. The number of thioether (sulfide) groups is 1. The zero-order chi connectivity index (χ0) is 17.0. The van der Waals surface area contributed by atoms with Crippen LogP contribution in [0.1, 0.15) is 19.8 Å². The van der Waals surface area contributed by atoms with E-state index in [4.69, 9.17) is 17.3 Å². The lowest BCUT2D eigenvalue weighted by Gasteiger charge is -2.20. The van der Waals surface area contributed by atoms with Gasteiger partial charge in [-0.05, 0) is 36.8 Å². The van der Waals surface area contributed by atoms with E-state index in [0.29, 0.717) is 34.7 Å². The van der Waals surface area contributed by atoms with Gasteiger partial charge in [0.2, 0.25) is 0 Å². The van der Waals surface area contributed by atoms with E-state index in [1.165, 1.54) is 0 Å². The van der Waals surface area contributed by atoms with Crippen LogP contribution in [0, 0.1) is 17.8 Å². The lowest BCUT2D eigenvalue weighted by molar-refractivity contribution is -0.115. The first kappa shape index (κ1) is 17.7. The predicted molar refractivity (Wildman–Crippen MR) is 94.6 cm³/mol. The molecule has 0 radical (unpaired) electrons. The Hall–Kier alpha value is -1.60. The van der Waals surface area contributed by atoms with Crippen LogP contribution < -0.4 is 11.1 Å². The Morgan fingerprint density at radius 2 is 2.17 bits per heavy atom. The van der Waals surface area contributed by atoms with Crippen molar-refractivity contribution >= 4 is 46.2 Å². The number of rotatable bonds is 5. The molecular weight excluding hydrogens is 336 g/mol. The maximum Gasteiger partial charge on any atom is 0.319 e. The average molecular weight is 355 g/mol. The molecule has 1 heterocycles. The van der Waals surface area contributed by atoms with E-state index >= 15 is 0 Å². The van der Waals surface area contributed by atoms with Crippen LogP contribution >= 0.6 is 23.4 Å². The Bertz CT molecular complexity index is 627. The monoisotopic (exact) mass is 354 g/mol. The number of carbonyl (C=O) groups excluding carboxylic acids is 2. The number of nitrogens with one attached hydrogen (secondary N) is 1. The van der Waals surface area contributed by atoms with E-state index in [2.05, 4.69) is 27.0 Å². The van der Waals surface area contributed by atoms with Crippen molar-refractivity contribution in [1.82, 2.24) is 5.32 Å². The number of imide groups is 1. The van der Waals surface area contributed by atoms with Crippen LogP contribution in [-0.2, 0) is 4.79 Å². The van der Waals surface area contributed by atoms with Gasteiger partial charge < -0.3 is 5.73 Å². The van der Waals surface area contributed by atoms with Gasteiger partial charge in [-0.15, -0.1) is 16.9 Å². The predicted octanol–water partition coefficient (Wildman–Crippen LogP) is 2.65. The number of halogens is 1. The van der Waals surface area contributed by atoms with Gasteiger partial charge in [-0.1, -0.05) is 23.8 Å². The van der Waals surface area contributed by atoms with Crippen molar-refractivity contribution in [3.63, 3.8) is 0 Å². The van der Waals surface area contributed by atoms with Gasteiger partial charge >= 0.3 is 6.03 Å². The third kappa shape index (κ3) is 4.45. The molecule has 0 aromatic carbocycles. The van der Waals surface area contributed by atoms with Crippen molar-refractivity contribution in [2.45, 2.75) is 19.8 Å². The summed E-state index contributed by atoms with van der Waals surface area (Å²) in [5.41, 5.74) is 5.82. The molecule has 0 aromatic rings. The van der Waals surface area contributed by atoms with Gasteiger partial charge in [-0.2, -0.15) is 5.10 Å². The molecule has 0 spiro atoms. The largest absolute Gasteiger partial charge is 0.351 e. The third-order valence-electron chi connectivity index (χ3n) is 3.94. The molecule has 3 N–H and O–H groups in total. The summed E-state index contributed by atoms with van der Waals surface area (Å²) in [7, 11) is 0. The van der Waals surface area contributed by atoms with Crippen molar-refractivity contribution in [1.29, 1.82) is 0 Å². The van der Waals surface area contributed by atoms with Crippen LogP contribution in [0.5, 0.6) is 0 Å². The zero-order valence-electron chi connectivity index (χ0n) is 13.0. The van der Waals surface area contributed by atoms with Crippen molar-refractivity contribution in [2.24, 2.45) is 33.7 Å². The summed E-state index contributed by atoms with van der Waals surface area (Å²) < 4.78 is 0. The van der Waals surface area contributed by atoms with E-state index in [1.807, 2.05) is 6.26 Å². The number of nitrogens with zero attached hydrogens (tertiary/aromatic N) is 2. The first-order valence-electron chi connectivity index (χ1n) is 7.24. The summed E-state index contributed by atoms with van der Waals surface area (Å²) >= 11 is 7.88. The standard InChI is InChI=1S/C15H19ClN4O2S/c1-3-9(14(21)18-15(17)22)12-7-11(13(16)20-19-12)10-6-8(10)4-5-23-2/h3-5,8,10-11H,6-7H2,1-2H3,(H3,17,18,21,22)/b5-4+,9-3-/t8-,10-,11?/m0/s1. The van der Waals surface area contributed by atoms with Crippen molar-refractivity contribution in [3.05, 3.63) is 23.1 Å². The zero-order valence-corrected chi connectivity index (χ0v) is 14.5. The van der Waals surface area contributed by atoms with Gasteiger partial charge in [0.05, 0.1) is 11.3 Å². The number of primary amides is 1. The van der Waals surface area contributed by atoms with E-state index in [1.54, 1.807) is 24.8 Å². The molecule has 0 aromatic heterocycles. The quantitative estimate of drug-likeness (QED) is 0.742. The summed E-state index contributed by atoms with van der Waals surface area (Å²) in [4.78, 5) is 22.9. The number of amides is 3. The van der Waals surface area contributed by atoms with Crippen LogP contribution in [0.15, 0.2) is 33.3 Å². The number of hydrogen-bond acceptors (Lipinski definition) is 5. The molecule has 1 unspecified atom stereocenters. The van der Waals surface area contributed by atoms with Crippen molar-refractivity contribution in [2.75, 3.05) is 6.26 Å². The van der Waals surface area contributed by atoms with E-state index in [9.17, 15) is 9.59 Å². The smallest absolute Gasteiger partial charge is 0.319 e. The minimum absolute atomic E-state index is 0.0528. The Kier molecular flexibility index (Phi) is 6.01. The number of hydrogen-bond donors (Lipinski definition) is 2. The van der Waals surface area contributed by atoms with Gasteiger partial charge in [-0.25, -0.2) is 4.79 Å². The van der Waals surface area contributed by atoms with Crippen molar-refractivity contribution < 1.29 is 9.59 Å². The Morgan fingerprint density at radius 1 is 1.43 bits per heavy atom. The number of urea groups is 1. The normalized spacial score (nSPS) is 27.4. The number of carbonyl (C=O) groups is 2. The van der Waals surface area contributed by atoms with Crippen LogP contribution in [0.4, 0.5) is 4.79 Å². The van der Waals surface area contributed by atoms with E-state index in [0.717, 1.165) is 6.42 Å². The molecule has 3 amide bonds. The molecule has 1 aliphatic heterocycles. The molecule has 0 saturated heterocycles. The summed E-state index contributed by atoms with van der Waals surface area (Å²) in [6, 6.07) is -0.895. The Balaban J connectivity index is 2.09. The third-order valence-corrected chi connectivity index (χ3v) is 4.72. The molecule has 2 aliphatic rings. The highest BCUT2D eigenvalue weighted by Crippen LogP contribution is 2.48.